The van der Waals surface area contributed by atoms with Crippen molar-refractivity contribution in [2.45, 2.75) is 19.3 Å². The Hall–Kier alpha value is -1.69. The number of hydrogen-bond acceptors (Lipinski definition) is 5. The molecular formula is C12H18N4O2. The number of nitro groups is 1. The maximum Gasteiger partial charge on any atom is 0.274 e. The Morgan fingerprint density at radius 3 is 3.22 bits per heavy atom. The van der Waals surface area contributed by atoms with Gasteiger partial charge in [0, 0.05) is 18.8 Å². The molecule has 2 rings (SSSR count). The third kappa shape index (κ3) is 3.66. The summed E-state index contributed by atoms with van der Waals surface area (Å²) in [6.45, 7) is 3.00. The van der Waals surface area contributed by atoms with Crippen molar-refractivity contribution in [3.05, 3.63) is 28.4 Å². The van der Waals surface area contributed by atoms with E-state index in [4.69, 9.17) is 0 Å². The second-order valence-electron chi connectivity index (χ2n) is 4.58. The molecule has 0 amide bonds. The Morgan fingerprint density at radius 2 is 2.50 bits per heavy atom. The van der Waals surface area contributed by atoms with Gasteiger partial charge < -0.3 is 10.6 Å². The van der Waals surface area contributed by atoms with Gasteiger partial charge in [-0.05, 0) is 38.3 Å². The largest absolute Gasteiger partial charge is 0.370 e. The first-order valence-corrected chi connectivity index (χ1v) is 6.31. The number of anilines is 1. The summed E-state index contributed by atoms with van der Waals surface area (Å²) in [7, 11) is 0. The molecule has 18 heavy (non-hydrogen) atoms. The van der Waals surface area contributed by atoms with Crippen LogP contribution in [0.3, 0.4) is 0 Å². The molecule has 1 atom stereocenters. The van der Waals surface area contributed by atoms with Gasteiger partial charge in [0.05, 0.1) is 11.0 Å². The molecule has 0 bridgehead atoms. The summed E-state index contributed by atoms with van der Waals surface area (Å²) in [5.41, 5.74) is 0.0758. The van der Waals surface area contributed by atoms with Gasteiger partial charge in [0.1, 0.15) is 5.82 Å². The minimum absolute atomic E-state index is 0.0758. The molecule has 0 radical (unpaired) electrons. The molecule has 1 unspecified atom stereocenters. The van der Waals surface area contributed by atoms with Crippen molar-refractivity contribution >= 4 is 11.5 Å². The van der Waals surface area contributed by atoms with E-state index < -0.39 is 4.92 Å². The molecule has 2 N–H and O–H groups in total. The maximum atomic E-state index is 10.6. The first-order valence-electron chi connectivity index (χ1n) is 6.31. The van der Waals surface area contributed by atoms with E-state index >= 15 is 0 Å². The standard InChI is InChI=1S/C12H18N4O2/c17-16(18)11-4-7-15-12(8-11)14-6-3-10-2-1-5-13-9-10/h4,7-8,10,13H,1-3,5-6,9H2,(H,14,15). The lowest BCUT2D eigenvalue weighted by molar-refractivity contribution is -0.384. The molecule has 1 aliphatic rings. The molecule has 0 spiro atoms. The first kappa shape index (κ1) is 12.8. The van der Waals surface area contributed by atoms with Gasteiger partial charge in [-0.15, -0.1) is 0 Å². The number of aromatic nitrogens is 1. The van der Waals surface area contributed by atoms with Crippen molar-refractivity contribution in [3.8, 4) is 0 Å². The summed E-state index contributed by atoms with van der Waals surface area (Å²) in [4.78, 5) is 14.3. The molecule has 0 aliphatic carbocycles. The molecule has 0 aromatic carbocycles. The topological polar surface area (TPSA) is 80.1 Å². The van der Waals surface area contributed by atoms with Gasteiger partial charge in [0.15, 0.2) is 0 Å². The summed E-state index contributed by atoms with van der Waals surface area (Å²) in [5, 5.41) is 17.1. The van der Waals surface area contributed by atoms with E-state index in [0.717, 1.165) is 26.1 Å². The average molecular weight is 250 g/mol. The number of nitrogens with zero attached hydrogens (tertiary/aromatic N) is 2. The molecular weight excluding hydrogens is 232 g/mol. The molecule has 1 fully saturated rings. The number of piperidine rings is 1. The zero-order chi connectivity index (χ0) is 12.8. The number of rotatable bonds is 5. The third-order valence-corrected chi connectivity index (χ3v) is 3.21. The highest BCUT2D eigenvalue weighted by Crippen LogP contribution is 2.16. The Labute approximate surface area is 106 Å². The maximum absolute atomic E-state index is 10.6. The highest BCUT2D eigenvalue weighted by Gasteiger charge is 2.12. The van der Waals surface area contributed by atoms with Gasteiger partial charge in [0.25, 0.3) is 5.69 Å². The van der Waals surface area contributed by atoms with Crippen LogP contribution in [0.1, 0.15) is 19.3 Å². The zero-order valence-electron chi connectivity index (χ0n) is 10.3. The molecule has 2 heterocycles. The monoisotopic (exact) mass is 250 g/mol. The third-order valence-electron chi connectivity index (χ3n) is 3.21. The van der Waals surface area contributed by atoms with Crippen LogP contribution in [-0.2, 0) is 0 Å². The fraction of sp³-hybridized carbons (Fsp3) is 0.583. The molecule has 0 saturated carbocycles. The van der Waals surface area contributed by atoms with Crippen LogP contribution in [0.25, 0.3) is 0 Å². The predicted octanol–water partition coefficient (Wildman–Crippen LogP) is 1.79. The Morgan fingerprint density at radius 1 is 1.61 bits per heavy atom. The zero-order valence-corrected chi connectivity index (χ0v) is 10.3. The average Bonchev–Trinajstić information content (AvgIpc) is 2.40. The number of hydrogen-bond donors (Lipinski definition) is 2. The van der Waals surface area contributed by atoms with Crippen molar-refractivity contribution in [2.24, 2.45) is 5.92 Å². The summed E-state index contributed by atoms with van der Waals surface area (Å²) >= 11 is 0. The predicted molar refractivity (Wildman–Crippen MR) is 69.6 cm³/mol. The van der Waals surface area contributed by atoms with Crippen molar-refractivity contribution in [2.75, 3.05) is 25.0 Å². The molecule has 1 saturated heterocycles. The van der Waals surface area contributed by atoms with Crippen molar-refractivity contribution in [1.29, 1.82) is 0 Å². The van der Waals surface area contributed by atoms with E-state index in [9.17, 15) is 10.1 Å². The van der Waals surface area contributed by atoms with Crippen LogP contribution in [0.5, 0.6) is 0 Å². The Kier molecular flexibility index (Phi) is 4.46. The lowest BCUT2D eigenvalue weighted by Gasteiger charge is -2.22. The van der Waals surface area contributed by atoms with E-state index in [1.54, 1.807) is 0 Å². The minimum Gasteiger partial charge on any atom is -0.370 e. The van der Waals surface area contributed by atoms with Gasteiger partial charge in [0.2, 0.25) is 0 Å². The van der Waals surface area contributed by atoms with Gasteiger partial charge in [-0.1, -0.05) is 0 Å². The van der Waals surface area contributed by atoms with Crippen LogP contribution >= 0.6 is 0 Å². The quantitative estimate of drug-likeness (QED) is 0.615. The summed E-state index contributed by atoms with van der Waals surface area (Å²) in [5.74, 6) is 1.28. The smallest absolute Gasteiger partial charge is 0.274 e. The Bertz CT molecular complexity index is 405. The lowest BCUT2D eigenvalue weighted by atomic mass is 9.96. The van der Waals surface area contributed by atoms with Crippen LogP contribution < -0.4 is 10.6 Å². The van der Waals surface area contributed by atoms with Crippen molar-refractivity contribution in [3.63, 3.8) is 0 Å². The van der Waals surface area contributed by atoms with Crippen LogP contribution in [0.4, 0.5) is 11.5 Å². The van der Waals surface area contributed by atoms with Crippen LogP contribution in [0, 0.1) is 16.0 Å². The van der Waals surface area contributed by atoms with E-state index in [2.05, 4.69) is 15.6 Å². The summed E-state index contributed by atoms with van der Waals surface area (Å²) in [6, 6.07) is 2.87. The van der Waals surface area contributed by atoms with E-state index in [-0.39, 0.29) is 5.69 Å². The van der Waals surface area contributed by atoms with Gasteiger partial charge in [-0.2, -0.15) is 0 Å². The highest BCUT2D eigenvalue weighted by atomic mass is 16.6. The highest BCUT2D eigenvalue weighted by molar-refractivity contribution is 5.44. The van der Waals surface area contributed by atoms with Crippen molar-refractivity contribution in [1.82, 2.24) is 10.3 Å². The van der Waals surface area contributed by atoms with Crippen molar-refractivity contribution < 1.29 is 4.92 Å². The molecule has 6 nitrogen and oxygen atoms in total. The first-order chi connectivity index (χ1) is 8.75. The number of nitrogens with one attached hydrogen (secondary N) is 2. The van der Waals surface area contributed by atoms with E-state index in [1.165, 1.54) is 31.2 Å². The van der Waals surface area contributed by atoms with E-state index in [1.807, 2.05) is 0 Å². The molecule has 1 aromatic rings. The fourth-order valence-electron chi connectivity index (χ4n) is 2.20. The molecule has 1 aromatic heterocycles. The molecule has 1 aliphatic heterocycles. The molecule has 98 valence electrons. The lowest BCUT2D eigenvalue weighted by Crippen LogP contribution is -2.30. The Balaban J connectivity index is 1.78. The SMILES string of the molecule is O=[N+]([O-])c1ccnc(NCCC2CCCNC2)c1. The number of pyridine rings is 1. The minimum atomic E-state index is -0.405. The second-order valence-corrected chi connectivity index (χ2v) is 4.58. The van der Waals surface area contributed by atoms with Gasteiger partial charge >= 0.3 is 0 Å². The summed E-state index contributed by atoms with van der Waals surface area (Å²) < 4.78 is 0. The van der Waals surface area contributed by atoms with E-state index in [0.29, 0.717) is 11.7 Å². The van der Waals surface area contributed by atoms with Crippen LogP contribution in [0.15, 0.2) is 18.3 Å². The van der Waals surface area contributed by atoms with Gasteiger partial charge in [-0.3, -0.25) is 10.1 Å². The normalized spacial score (nSPS) is 19.4. The second kappa shape index (κ2) is 6.30. The van der Waals surface area contributed by atoms with Gasteiger partial charge in [-0.25, -0.2) is 4.98 Å². The van der Waals surface area contributed by atoms with Crippen LogP contribution in [-0.4, -0.2) is 29.5 Å². The summed E-state index contributed by atoms with van der Waals surface area (Å²) in [6.07, 6.45) is 5.02. The van der Waals surface area contributed by atoms with Crippen LogP contribution in [0.2, 0.25) is 0 Å². The molecule has 6 heteroatoms. The fourth-order valence-corrected chi connectivity index (χ4v) is 2.20.